The average molecular weight is 249 g/mol. The number of carbonyl (C=O) groups is 1. The van der Waals surface area contributed by atoms with Gasteiger partial charge in [0.1, 0.15) is 5.76 Å². The summed E-state index contributed by atoms with van der Waals surface area (Å²) in [4.78, 5) is 16.2. The maximum Gasteiger partial charge on any atom is 0.289 e. The molecule has 1 fully saturated rings. The van der Waals surface area contributed by atoms with E-state index in [1.54, 1.807) is 12.1 Å². The fourth-order valence-electron chi connectivity index (χ4n) is 2.07. The van der Waals surface area contributed by atoms with Crippen LogP contribution in [0.25, 0.3) is 0 Å². The normalized spacial score (nSPS) is 16.8. The number of amides is 1. The van der Waals surface area contributed by atoms with Crippen LogP contribution in [0, 0.1) is 0 Å². The molecule has 1 amide bonds. The molecule has 2 N–H and O–H groups in total. The molecular formula is C13H19N3O2. The van der Waals surface area contributed by atoms with E-state index in [0.717, 1.165) is 32.7 Å². The van der Waals surface area contributed by atoms with Gasteiger partial charge in [-0.05, 0) is 12.1 Å². The van der Waals surface area contributed by atoms with Crippen LogP contribution < -0.4 is 5.73 Å². The summed E-state index contributed by atoms with van der Waals surface area (Å²) >= 11 is 0. The third kappa shape index (κ3) is 2.80. The predicted octanol–water partition coefficient (Wildman–Crippen LogP) is 0.682. The van der Waals surface area contributed by atoms with E-state index in [0.29, 0.717) is 18.1 Å². The smallest absolute Gasteiger partial charge is 0.289 e. The largest absolute Gasteiger partial charge is 0.455 e. The number of hydrogen-bond acceptors (Lipinski definition) is 4. The Morgan fingerprint density at radius 1 is 1.39 bits per heavy atom. The van der Waals surface area contributed by atoms with E-state index in [2.05, 4.69) is 11.5 Å². The summed E-state index contributed by atoms with van der Waals surface area (Å²) in [5.74, 6) is 0.976. The molecule has 0 aliphatic carbocycles. The first-order valence-electron chi connectivity index (χ1n) is 6.16. The van der Waals surface area contributed by atoms with Crippen LogP contribution >= 0.6 is 0 Å². The minimum absolute atomic E-state index is 0.0482. The maximum absolute atomic E-state index is 12.1. The Labute approximate surface area is 107 Å². The summed E-state index contributed by atoms with van der Waals surface area (Å²) in [6.07, 6.45) is 1.89. The zero-order valence-electron chi connectivity index (χ0n) is 10.5. The molecule has 18 heavy (non-hydrogen) atoms. The first-order valence-corrected chi connectivity index (χ1v) is 6.16. The molecule has 1 saturated heterocycles. The van der Waals surface area contributed by atoms with Crippen LogP contribution in [-0.4, -0.2) is 48.4 Å². The molecule has 1 aliphatic rings. The molecule has 2 rings (SSSR count). The molecule has 0 unspecified atom stereocenters. The van der Waals surface area contributed by atoms with Crippen molar-refractivity contribution in [3.63, 3.8) is 0 Å². The molecule has 5 heteroatoms. The number of carbonyl (C=O) groups excluding carboxylic acids is 1. The molecule has 2 heterocycles. The Kier molecular flexibility index (Phi) is 4.17. The summed E-state index contributed by atoms with van der Waals surface area (Å²) < 4.78 is 5.38. The van der Waals surface area contributed by atoms with Gasteiger partial charge in [0, 0.05) is 32.7 Å². The summed E-state index contributed by atoms with van der Waals surface area (Å²) in [6.45, 7) is 8.12. The van der Waals surface area contributed by atoms with Gasteiger partial charge in [-0.1, -0.05) is 6.08 Å². The number of nitrogens with zero attached hydrogens (tertiary/aromatic N) is 2. The van der Waals surface area contributed by atoms with Gasteiger partial charge in [-0.25, -0.2) is 0 Å². The molecule has 0 atom stereocenters. The lowest BCUT2D eigenvalue weighted by Gasteiger charge is -2.33. The van der Waals surface area contributed by atoms with Gasteiger partial charge in [-0.15, -0.1) is 6.58 Å². The minimum atomic E-state index is -0.0482. The van der Waals surface area contributed by atoms with Crippen molar-refractivity contribution in [3.05, 3.63) is 36.3 Å². The second kappa shape index (κ2) is 5.84. The van der Waals surface area contributed by atoms with Crippen molar-refractivity contribution in [2.75, 3.05) is 32.7 Å². The van der Waals surface area contributed by atoms with Crippen LogP contribution in [0.3, 0.4) is 0 Å². The Bertz CT molecular complexity index is 420. The van der Waals surface area contributed by atoms with Crippen molar-refractivity contribution in [1.29, 1.82) is 0 Å². The van der Waals surface area contributed by atoms with E-state index in [1.165, 1.54) is 0 Å². The molecular weight excluding hydrogens is 230 g/mol. The van der Waals surface area contributed by atoms with E-state index in [4.69, 9.17) is 10.2 Å². The SMILES string of the molecule is C=CCN1CCN(C(=O)c2ccc(CN)o2)CC1. The number of rotatable bonds is 4. The van der Waals surface area contributed by atoms with Crippen LogP contribution in [0.2, 0.25) is 0 Å². The number of hydrogen-bond donors (Lipinski definition) is 1. The van der Waals surface area contributed by atoms with Crippen molar-refractivity contribution < 1.29 is 9.21 Å². The first kappa shape index (κ1) is 12.9. The molecule has 0 radical (unpaired) electrons. The zero-order chi connectivity index (χ0) is 13.0. The molecule has 5 nitrogen and oxygen atoms in total. The highest BCUT2D eigenvalue weighted by Gasteiger charge is 2.23. The van der Waals surface area contributed by atoms with E-state index in [9.17, 15) is 4.79 Å². The van der Waals surface area contributed by atoms with Crippen LogP contribution in [0.4, 0.5) is 0 Å². The Hall–Kier alpha value is -1.59. The molecule has 0 spiro atoms. The minimum Gasteiger partial charge on any atom is -0.455 e. The van der Waals surface area contributed by atoms with Gasteiger partial charge in [-0.2, -0.15) is 0 Å². The summed E-state index contributed by atoms with van der Waals surface area (Å²) in [7, 11) is 0. The fraction of sp³-hybridized carbons (Fsp3) is 0.462. The average Bonchev–Trinajstić information content (AvgIpc) is 2.88. The second-order valence-corrected chi connectivity index (χ2v) is 4.35. The first-order chi connectivity index (χ1) is 8.74. The molecule has 1 aliphatic heterocycles. The lowest BCUT2D eigenvalue weighted by molar-refractivity contribution is 0.0617. The fourth-order valence-corrected chi connectivity index (χ4v) is 2.07. The highest BCUT2D eigenvalue weighted by molar-refractivity contribution is 5.91. The van der Waals surface area contributed by atoms with Gasteiger partial charge in [-0.3, -0.25) is 9.69 Å². The van der Waals surface area contributed by atoms with Gasteiger partial charge >= 0.3 is 0 Å². The monoisotopic (exact) mass is 249 g/mol. The number of furan rings is 1. The van der Waals surface area contributed by atoms with Gasteiger partial charge in [0.25, 0.3) is 5.91 Å². The predicted molar refractivity (Wildman–Crippen MR) is 69.1 cm³/mol. The maximum atomic E-state index is 12.1. The lowest BCUT2D eigenvalue weighted by atomic mass is 10.3. The Morgan fingerprint density at radius 2 is 2.11 bits per heavy atom. The molecule has 0 aromatic carbocycles. The van der Waals surface area contributed by atoms with E-state index in [1.807, 2.05) is 11.0 Å². The van der Waals surface area contributed by atoms with E-state index < -0.39 is 0 Å². The van der Waals surface area contributed by atoms with E-state index >= 15 is 0 Å². The van der Waals surface area contributed by atoms with Crippen LogP contribution in [0.15, 0.2) is 29.2 Å². The topological polar surface area (TPSA) is 62.7 Å². The summed E-state index contributed by atoms with van der Waals surface area (Å²) in [5.41, 5.74) is 5.46. The van der Waals surface area contributed by atoms with Gasteiger partial charge in [0.2, 0.25) is 0 Å². The third-order valence-corrected chi connectivity index (χ3v) is 3.12. The number of nitrogens with two attached hydrogens (primary N) is 1. The highest BCUT2D eigenvalue weighted by atomic mass is 16.4. The van der Waals surface area contributed by atoms with Gasteiger partial charge < -0.3 is 15.1 Å². The van der Waals surface area contributed by atoms with Crippen molar-refractivity contribution in [3.8, 4) is 0 Å². The Balaban J connectivity index is 1.92. The second-order valence-electron chi connectivity index (χ2n) is 4.35. The summed E-state index contributed by atoms with van der Waals surface area (Å²) in [5, 5.41) is 0. The van der Waals surface area contributed by atoms with Gasteiger partial charge in [0.15, 0.2) is 5.76 Å². The quantitative estimate of drug-likeness (QED) is 0.797. The standard InChI is InChI=1S/C13H19N3O2/c1-2-5-15-6-8-16(9-7-15)13(17)12-4-3-11(10-14)18-12/h2-4H,1,5-10,14H2. The summed E-state index contributed by atoms with van der Waals surface area (Å²) in [6, 6.07) is 3.45. The van der Waals surface area contributed by atoms with Crippen molar-refractivity contribution in [2.45, 2.75) is 6.54 Å². The number of piperazine rings is 1. The van der Waals surface area contributed by atoms with E-state index in [-0.39, 0.29) is 5.91 Å². The van der Waals surface area contributed by atoms with Crippen molar-refractivity contribution in [1.82, 2.24) is 9.80 Å². The van der Waals surface area contributed by atoms with Crippen LogP contribution in [0.5, 0.6) is 0 Å². The third-order valence-electron chi connectivity index (χ3n) is 3.12. The molecule has 1 aromatic heterocycles. The van der Waals surface area contributed by atoms with Crippen molar-refractivity contribution in [2.24, 2.45) is 5.73 Å². The molecule has 98 valence electrons. The highest BCUT2D eigenvalue weighted by Crippen LogP contribution is 2.12. The molecule has 0 bridgehead atoms. The zero-order valence-corrected chi connectivity index (χ0v) is 10.5. The molecule has 0 saturated carbocycles. The van der Waals surface area contributed by atoms with Gasteiger partial charge in [0.05, 0.1) is 6.54 Å². The van der Waals surface area contributed by atoms with Crippen LogP contribution in [0.1, 0.15) is 16.3 Å². The lowest BCUT2D eigenvalue weighted by Crippen LogP contribution is -2.48. The van der Waals surface area contributed by atoms with Crippen molar-refractivity contribution >= 4 is 5.91 Å². The van der Waals surface area contributed by atoms with Crippen LogP contribution in [-0.2, 0) is 6.54 Å². The molecule has 1 aromatic rings. The Morgan fingerprint density at radius 3 is 2.67 bits per heavy atom.